The van der Waals surface area contributed by atoms with E-state index in [1.54, 1.807) is 41.5 Å². The van der Waals surface area contributed by atoms with Crippen LogP contribution >= 0.6 is 0 Å². The first-order valence-corrected chi connectivity index (χ1v) is 6.61. The zero-order valence-electron chi connectivity index (χ0n) is 13.5. The maximum Gasteiger partial charge on any atom is 0.393 e. The smallest absolute Gasteiger partial charge is 0.290 e. The van der Waals surface area contributed by atoms with Gasteiger partial charge in [-0.2, -0.15) is 9.78 Å². The van der Waals surface area contributed by atoms with E-state index >= 15 is 0 Å². The maximum atomic E-state index is 11.9. The summed E-state index contributed by atoms with van der Waals surface area (Å²) in [5.41, 5.74) is -2.05. The van der Waals surface area contributed by atoms with Crippen LogP contribution in [-0.2, 0) is 19.6 Å². The highest BCUT2D eigenvalue weighted by Crippen LogP contribution is 2.13. The molecule has 0 amide bonds. The summed E-state index contributed by atoms with van der Waals surface area (Å²) in [6.45, 7) is 10.2. The highest BCUT2D eigenvalue weighted by molar-refractivity contribution is 5.99. The Kier molecular flexibility index (Phi) is 5.56. The third-order valence-corrected chi connectivity index (χ3v) is 1.82. The maximum absolute atomic E-state index is 11.9. The quantitative estimate of drug-likeness (QED) is 0.617. The third-order valence-electron chi connectivity index (χ3n) is 1.82. The molecule has 122 valence electrons. The topological polar surface area (TPSA) is 96.8 Å². The number of hydrogen-bond acceptors (Lipinski definition) is 8. The van der Waals surface area contributed by atoms with E-state index in [0.29, 0.717) is 0 Å². The zero-order valence-corrected chi connectivity index (χ0v) is 13.5. The van der Waals surface area contributed by atoms with Gasteiger partial charge in [0.25, 0.3) is 0 Å². The number of carbonyl (C=O) groups is 2. The molecule has 0 fully saturated rings. The van der Waals surface area contributed by atoms with Gasteiger partial charge >= 0.3 is 11.9 Å². The fraction of sp³-hybridized carbons (Fsp3) is 0.571. The van der Waals surface area contributed by atoms with Crippen LogP contribution < -0.4 is 0 Å². The van der Waals surface area contributed by atoms with Crippen LogP contribution in [0.1, 0.15) is 62.5 Å². The average Bonchev–Trinajstić information content (AvgIpc) is 2.40. The van der Waals surface area contributed by atoms with Crippen molar-refractivity contribution in [3.63, 3.8) is 0 Å². The van der Waals surface area contributed by atoms with Crippen molar-refractivity contribution in [1.29, 1.82) is 0 Å². The molecular weight excluding hydrogens is 292 g/mol. The summed E-state index contributed by atoms with van der Waals surface area (Å²) in [7, 11) is 0. The molecule has 8 heteroatoms. The molecule has 0 saturated carbocycles. The first-order chi connectivity index (χ1) is 9.99. The molecule has 0 bridgehead atoms. The lowest BCUT2D eigenvalue weighted by atomic mass is 10.2. The first kappa shape index (κ1) is 18.0. The molecule has 1 heterocycles. The average molecular weight is 312 g/mol. The molecule has 8 nitrogen and oxygen atoms in total. The number of aromatic nitrogens is 2. The van der Waals surface area contributed by atoms with E-state index < -0.39 is 23.1 Å². The van der Waals surface area contributed by atoms with Gasteiger partial charge in [0.2, 0.25) is 0 Å². The highest BCUT2D eigenvalue weighted by Gasteiger charge is 2.27. The Balaban J connectivity index is 2.85. The molecule has 22 heavy (non-hydrogen) atoms. The lowest BCUT2D eigenvalue weighted by molar-refractivity contribution is -0.302. The molecule has 0 spiro atoms. The van der Waals surface area contributed by atoms with Crippen LogP contribution in [0.4, 0.5) is 0 Å². The van der Waals surface area contributed by atoms with Crippen molar-refractivity contribution in [2.45, 2.75) is 52.7 Å². The van der Waals surface area contributed by atoms with E-state index in [9.17, 15) is 9.59 Å². The molecule has 1 rings (SSSR count). The second-order valence-electron chi connectivity index (χ2n) is 6.39. The van der Waals surface area contributed by atoms with Crippen molar-refractivity contribution in [1.82, 2.24) is 9.97 Å². The Morgan fingerprint density at radius 2 is 1.09 bits per heavy atom. The van der Waals surface area contributed by atoms with Gasteiger partial charge in [-0.15, -0.1) is 0 Å². The minimum atomic E-state index is -0.953. The van der Waals surface area contributed by atoms with Gasteiger partial charge < -0.3 is 0 Å². The van der Waals surface area contributed by atoms with Gasteiger partial charge in [0.1, 0.15) is 11.2 Å². The highest BCUT2D eigenvalue weighted by atomic mass is 17.2. The van der Waals surface area contributed by atoms with Gasteiger partial charge in [-0.05, 0) is 41.5 Å². The summed E-state index contributed by atoms with van der Waals surface area (Å²) in [5, 5.41) is 0. The van der Waals surface area contributed by atoms with Gasteiger partial charge in [-0.25, -0.2) is 19.6 Å². The largest absolute Gasteiger partial charge is 0.393 e. The van der Waals surface area contributed by atoms with Crippen molar-refractivity contribution in [3.8, 4) is 0 Å². The summed E-state index contributed by atoms with van der Waals surface area (Å²) >= 11 is 0. The lowest BCUT2D eigenvalue weighted by Crippen LogP contribution is -2.26. The third kappa shape index (κ3) is 6.15. The Morgan fingerprint density at radius 3 is 1.36 bits per heavy atom. The van der Waals surface area contributed by atoms with Crippen molar-refractivity contribution in [3.05, 3.63) is 23.8 Å². The second kappa shape index (κ2) is 6.80. The molecule has 0 N–H and O–H groups in total. The normalized spacial score (nSPS) is 11.9. The summed E-state index contributed by atoms with van der Waals surface area (Å²) in [6, 6.07) is 0. The fourth-order valence-electron chi connectivity index (χ4n) is 1.04. The van der Waals surface area contributed by atoms with Crippen LogP contribution in [0.15, 0.2) is 12.4 Å². The number of nitrogens with zero attached hydrogens (tertiary/aromatic N) is 2. The van der Waals surface area contributed by atoms with Crippen molar-refractivity contribution < 1.29 is 29.1 Å². The standard InChI is InChI=1S/C14H20N2O6/c1-13(2,3)21-19-11(17)9-10(16-8-7-15-9)12(18)20-22-14(4,5)6/h7-8H,1-6H3. The molecular formula is C14H20N2O6. The Labute approximate surface area is 128 Å². The number of rotatable bonds is 4. The van der Waals surface area contributed by atoms with Gasteiger partial charge in [0.05, 0.1) is 0 Å². The van der Waals surface area contributed by atoms with Crippen LogP contribution in [0.5, 0.6) is 0 Å². The summed E-state index contributed by atoms with van der Waals surface area (Å²) in [5.74, 6) is -1.91. The van der Waals surface area contributed by atoms with E-state index in [1.165, 1.54) is 12.4 Å². The summed E-state index contributed by atoms with van der Waals surface area (Å²) < 4.78 is 0. The lowest BCUT2D eigenvalue weighted by Gasteiger charge is -2.17. The molecule has 0 atom stereocenters. The second-order valence-corrected chi connectivity index (χ2v) is 6.39. The molecule has 0 aliphatic rings. The summed E-state index contributed by atoms with van der Waals surface area (Å²) in [6.07, 6.45) is 2.49. The molecule has 0 aliphatic heterocycles. The van der Waals surface area contributed by atoms with Gasteiger partial charge in [0.15, 0.2) is 11.4 Å². The van der Waals surface area contributed by atoms with Crippen molar-refractivity contribution in [2.75, 3.05) is 0 Å². The minimum absolute atomic E-state index is 0.325. The van der Waals surface area contributed by atoms with Crippen LogP contribution in [0, 0.1) is 0 Å². The predicted molar refractivity (Wildman–Crippen MR) is 74.5 cm³/mol. The molecule has 1 aromatic heterocycles. The minimum Gasteiger partial charge on any atom is -0.290 e. The number of carbonyl (C=O) groups excluding carboxylic acids is 2. The van der Waals surface area contributed by atoms with Gasteiger partial charge in [-0.1, -0.05) is 0 Å². The van der Waals surface area contributed by atoms with E-state index in [2.05, 4.69) is 19.7 Å². The molecule has 0 aliphatic carbocycles. The first-order valence-electron chi connectivity index (χ1n) is 6.61. The summed E-state index contributed by atoms with van der Waals surface area (Å²) in [4.78, 5) is 50.4. The molecule has 0 aromatic carbocycles. The van der Waals surface area contributed by atoms with Crippen molar-refractivity contribution in [2.24, 2.45) is 0 Å². The molecule has 0 saturated heterocycles. The monoisotopic (exact) mass is 312 g/mol. The van der Waals surface area contributed by atoms with E-state index in [1.807, 2.05) is 0 Å². The molecule has 1 aromatic rings. The van der Waals surface area contributed by atoms with Gasteiger partial charge in [-0.3, -0.25) is 9.78 Å². The van der Waals surface area contributed by atoms with E-state index in [-0.39, 0.29) is 11.4 Å². The fourth-order valence-corrected chi connectivity index (χ4v) is 1.04. The van der Waals surface area contributed by atoms with Crippen LogP contribution in [0.3, 0.4) is 0 Å². The van der Waals surface area contributed by atoms with E-state index in [4.69, 9.17) is 9.78 Å². The van der Waals surface area contributed by atoms with Crippen molar-refractivity contribution >= 4 is 11.9 Å². The predicted octanol–water partition coefficient (Wildman–Crippen LogP) is 2.25. The van der Waals surface area contributed by atoms with E-state index in [0.717, 1.165) is 0 Å². The van der Waals surface area contributed by atoms with Crippen LogP contribution in [0.25, 0.3) is 0 Å². The zero-order chi connectivity index (χ0) is 17.0. The van der Waals surface area contributed by atoms with Crippen LogP contribution in [0.2, 0.25) is 0 Å². The molecule has 0 radical (unpaired) electrons. The Hall–Kier alpha value is -2.06. The Bertz CT molecular complexity index is 496. The number of hydrogen-bond donors (Lipinski definition) is 0. The van der Waals surface area contributed by atoms with Crippen LogP contribution in [-0.4, -0.2) is 33.1 Å². The molecule has 0 unspecified atom stereocenters. The Morgan fingerprint density at radius 1 is 0.773 bits per heavy atom. The SMILES string of the molecule is CC(C)(C)OOC(=O)c1nccnc1C(=O)OOC(C)(C)C. The van der Waals surface area contributed by atoms with Gasteiger partial charge in [0, 0.05) is 12.4 Å².